The maximum atomic E-state index is 5.14. The summed E-state index contributed by atoms with van der Waals surface area (Å²) in [6, 6.07) is 0. The minimum Gasteiger partial charge on any atom is -0.360 e. The first-order valence-corrected chi connectivity index (χ1v) is 3.57. The molecule has 1 aliphatic heterocycles. The maximum Gasteiger partial charge on any atom is 0.139 e. The van der Waals surface area contributed by atoms with Crippen molar-refractivity contribution in [3.8, 4) is 0 Å². The average molecular weight is 117 g/mol. The van der Waals surface area contributed by atoms with E-state index >= 15 is 0 Å². The fourth-order valence-electron chi connectivity index (χ4n) is 0.518. The topological polar surface area (TPSA) is 9.23 Å². The molecule has 0 aromatic carbocycles. The predicted octanol–water partition coefficient (Wildman–Crippen LogP) is 1.65. The standard InChI is InChI=1S/C5H9OS/c1-2-5-3-7-4-6-5/h4-5H,2-3H2,1H3. The second kappa shape index (κ2) is 2.58. The van der Waals surface area contributed by atoms with Gasteiger partial charge in [-0.1, -0.05) is 6.92 Å². The van der Waals surface area contributed by atoms with E-state index in [0.29, 0.717) is 6.10 Å². The lowest BCUT2D eigenvalue weighted by Gasteiger charge is -1.99. The normalized spacial score (nSPS) is 31.3. The molecule has 1 fully saturated rings. The number of hydrogen-bond donors (Lipinski definition) is 0. The highest BCUT2D eigenvalue weighted by Gasteiger charge is 2.12. The second-order valence-corrected chi connectivity index (χ2v) is 2.46. The summed E-state index contributed by atoms with van der Waals surface area (Å²) in [6.45, 7) is 2.14. The molecule has 1 atom stereocenters. The Kier molecular flexibility index (Phi) is 2.00. The maximum absolute atomic E-state index is 5.14. The molecule has 2 heteroatoms. The number of thioether (sulfide) groups is 1. The van der Waals surface area contributed by atoms with Gasteiger partial charge >= 0.3 is 0 Å². The van der Waals surface area contributed by atoms with Crippen LogP contribution < -0.4 is 0 Å². The summed E-state index contributed by atoms with van der Waals surface area (Å²) >= 11 is 1.76. The molecule has 7 heavy (non-hydrogen) atoms. The Balaban J connectivity index is 2.14. The van der Waals surface area contributed by atoms with E-state index in [2.05, 4.69) is 6.92 Å². The predicted molar refractivity (Wildman–Crippen MR) is 31.9 cm³/mol. The first-order chi connectivity index (χ1) is 3.43. The van der Waals surface area contributed by atoms with Gasteiger partial charge in [0, 0.05) is 5.75 Å². The van der Waals surface area contributed by atoms with Gasteiger partial charge in [0.1, 0.15) is 5.94 Å². The summed E-state index contributed by atoms with van der Waals surface area (Å²) in [6.07, 6.45) is 1.65. The number of rotatable bonds is 1. The van der Waals surface area contributed by atoms with Gasteiger partial charge in [0.05, 0.1) is 6.10 Å². The first kappa shape index (κ1) is 5.45. The zero-order valence-corrected chi connectivity index (χ0v) is 5.20. The van der Waals surface area contributed by atoms with E-state index in [1.54, 1.807) is 11.8 Å². The van der Waals surface area contributed by atoms with Gasteiger partial charge in [-0.2, -0.15) is 0 Å². The van der Waals surface area contributed by atoms with Crippen LogP contribution in [0.4, 0.5) is 0 Å². The van der Waals surface area contributed by atoms with Crippen molar-refractivity contribution in [1.29, 1.82) is 0 Å². The van der Waals surface area contributed by atoms with Gasteiger partial charge in [-0.25, -0.2) is 0 Å². The molecule has 1 heterocycles. The van der Waals surface area contributed by atoms with E-state index in [-0.39, 0.29) is 0 Å². The van der Waals surface area contributed by atoms with E-state index in [0.717, 1.165) is 12.2 Å². The van der Waals surface area contributed by atoms with Crippen molar-refractivity contribution in [2.24, 2.45) is 0 Å². The Morgan fingerprint density at radius 3 is 3.14 bits per heavy atom. The van der Waals surface area contributed by atoms with Gasteiger partial charge in [0.25, 0.3) is 0 Å². The molecule has 1 aliphatic rings. The van der Waals surface area contributed by atoms with Crippen LogP contribution in [0.15, 0.2) is 0 Å². The van der Waals surface area contributed by atoms with E-state index in [1.165, 1.54) is 0 Å². The van der Waals surface area contributed by atoms with Crippen molar-refractivity contribution < 1.29 is 4.74 Å². The third kappa shape index (κ3) is 1.35. The van der Waals surface area contributed by atoms with Gasteiger partial charge in [0.15, 0.2) is 0 Å². The van der Waals surface area contributed by atoms with E-state index < -0.39 is 0 Å². The molecule has 1 radical (unpaired) electrons. The second-order valence-electron chi connectivity index (χ2n) is 1.60. The monoisotopic (exact) mass is 117 g/mol. The SMILES string of the molecule is CCC1CS[CH]O1. The fraction of sp³-hybridized carbons (Fsp3) is 0.800. The smallest absolute Gasteiger partial charge is 0.139 e. The van der Waals surface area contributed by atoms with Crippen LogP contribution in [0.3, 0.4) is 0 Å². The highest BCUT2D eigenvalue weighted by molar-refractivity contribution is 8.01. The lowest BCUT2D eigenvalue weighted by Crippen LogP contribution is -2.03. The molecule has 0 spiro atoms. The minimum absolute atomic E-state index is 0.505. The summed E-state index contributed by atoms with van der Waals surface area (Å²) < 4.78 is 5.14. The molecule has 1 rings (SSSR count). The lowest BCUT2D eigenvalue weighted by molar-refractivity contribution is 0.160. The van der Waals surface area contributed by atoms with Crippen LogP contribution in [0.1, 0.15) is 13.3 Å². The molecule has 0 N–H and O–H groups in total. The van der Waals surface area contributed by atoms with Gasteiger partial charge < -0.3 is 4.74 Å². The third-order valence-electron chi connectivity index (χ3n) is 1.05. The molecule has 0 aromatic rings. The van der Waals surface area contributed by atoms with Gasteiger partial charge in [-0.05, 0) is 6.42 Å². The lowest BCUT2D eigenvalue weighted by atomic mass is 10.3. The Hall–Kier alpha value is 0.310. The van der Waals surface area contributed by atoms with Crippen molar-refractivity contribution in [3.63, 3.8) is 0 Å². The molecule has 0 aliphatic carbocycles. The summed E-state index contributed by atoms with van der Waals surface area (Å²) in [5.41, 5.74) is 0. The van der Waals surface area contributed by atoms with Crippen molar-refractivity contribution in [1.82, 2.24) is 0 Å². The van der Waals surface area contributed by atoms with Crippen molar-refractivity contribution in [2.75, 3.05) is 5.75 Å². The summed E-state index contributed by atoms with van der Waals surface area (Å²) in [7, 11) is 0. The number of hydrogen-bond acceptors (Lipinski definition) is 2. The zero-order valence-electron chi connectivity index (χ0n) is 4.39. The molecule has 1 nitrogen and oxygen atoms in total. The van der Waals surface area contributed by atoms with Crippen molar-refractivity contribution in [2.45, 2.75) is 19.4 Å². The molecule has 41 valence electrons. The van der Waals surface area contributed by atoms with Crippen molar-refractivity contribution >= 4 is 11.8 Å². The van der Waals surface area contributed by atoms with Crippen LogP contribution in [-0.4, -0.2) is 11.9 Å². The van der Waals surface area contributed by atoms with E-state index in [9.17, 15) is 0 Å². The van der Waals surface area contributed by atoms with Crippen LogP contribution in [0, 0.1) is 5.94 Å². The fourth-order valence-corrected chi connectivity index (χ4v) is 1.36. The summed E-state index contributed by atoms with van der Waals surface area (Å²) in [4.78, 5) is 0. The van der Waals surface area contributed by atoms with Gasteiger partial charge in [0.2, 0.25) is 0 Å². The van der Waals surface area contributed by atoms with Crippen LogP contribution in [0.25, 0.3) is 0 Å². The quantitative estimate of drug-likeness (QED) is 0.516. The first-order valence-electron chi connectivity index (χ1n) is 2.52. The molecule has 1 saturated heterocycles. The Morgan fingerprint density at radius 1 is 2.00 bits per heavy atom. The van der Waals surface area contributed by atoms with Crippen LogP contribution >= 0.6 is 11.8 Å². The van der Waals surface area contributed by atoms with Gasteiger partial charge in [-0.15, -0.1) is 11.8 Å². The molecule has 0 bridgehead atoms. The Labute approximate surface area is 48.4 Å². The zero-order chi connectivity index (χ0) is 5.11. The summed E-state index contributed by atoms with van der Waals surface area (Å²) in [5, 5.41) is 0. The number of ether oxygens (including phenoxy) is 1. The molecular weight excluding hydrogens is 108 g/mol. The van der Waals surface area contributed by atoms with Crippen LogP contribution in [-0.2, 0) is 4.74 Å². The minimum atomic E-state index is 0.505. The molecule has 0 amide bonds. The van der Waals surface area contributed by atoms with E-state index in [4.69, 9.17) is 4.74 Å². The van der Waals surface area contributed by atoms with Crippen molar-refractivity contribution in [3.05, 3.63) is 5.94 Å². The third-order valence-corrected chi connectivity index (χ3v) is 1.86. The largest absolute Gasteiger partial charge is 0.360 e. The summed E-state index contributed by atoms with van der Waals surface area (Å²) in [5.74, 6) is 2.98. The van der Waals surface area contributed by atoms with Crippen LogP contribution in [0.5, 0.6) is 0 Å². The highest BCUT2D eigenvalue weighted by atomic mass is 32.2. The van der Waals surface area contributed by atoms with Gasteiger partial charge in [-0.3, -0.25) is 0 Å². The molecule has 1 unspecified atom stereocenters. The average Bonchev–Trinajstić information content (AvgIpc) is 2.14. The molecule has 0 aromatic heterocycles. The highest BCUT2D eigenvalue weighted by Crippen LogP contribution is 2.21. The van der Waals surface area contributed by atoms with Crippen LogP contribution in [0.2, 0.25) is 0 Å². The molecule has 0 saturated carbocycles. The van der Waals surface area contributed by atoms with E-state index in [1.807, 2.05) is 5.94 Å². The molecular formula is C5H9OS. The Morgan fingerprint density at radius 2 is 2.86 bits per heavy atom. The Bertz CT molecular complexity index is 50.0.